The molecule has 0 radical (unpaired) electrons. The van der Waals surface area contributed by atoms with E-state index in [0.717, 1.165) is 61.7 Å². The molecule has 0 aromatic heterocycles. The van der Waals surface area contributed by atoms with E-state index in [2.05, 4.69) is 4.74 Å². The maximum absolute atomic E-state index is 14.9. The number of rotatable bonds is 12. The average molecular weight is 643 g/mol. The van der Waals surface area contributed by atoms with Crippen LogP contribution in [0, 0.1) is 29.2 Å². The number of halogens is 7. The Labute approximate surface area is 254 Å². The van der Waals surface area contributed by atoms with Crippen molar-refractivity contribution in [2.45, 2.75) is 38.7 Å². The summed E-state index contributed by atoms with van der Waals surface area (Å²) in [6.07, 6.45) is -3.09. The first-order valence-electron chi connectivity index (χ1n) is 14.0. The van der Waals surface area contributed by atoms with E-state index in [1.165, 1.54) is 6.07 Å². The molecule has 0 amide bonds. The summed E-state index contributed by atoms with van der Waals surface area (Å²) in [5.74, 6) is -6.79. The molecule has 0 aliphatic carbocycles. The summed E-state index contributed by atoms with van der Waals surface area (Å²) in [4.78, 5) is 12.6. The molecule has 6 nitrogen and oxygen atoms in total. The molecule has 0 spiro atoms. The van der Waals surface area contributed by atoms with Crippen LogP contribution in [0.1, 0.15) is 48.4 Å². The lowest BCUT2D eigenvalue weighted by atomic mass is 10.0. The first-order chi connectivity index (χ1) is 21.4. The van der Waals surface area contributed by atoms with E-state index >= 15 is 0 Å². The molecule has 3 aromatic rings. The van der Waals surface area contributed by atoms with E-state index in [1.54, 1.807) is 0 Å². The van der Waals surface area contributed by atoms with E-state index in [9.17, 15) is 35.5 Å². The Hall–Kier alpha value is -3.94. The molecule has 0 atom stereocenters. The van der Waals surface area contributed by atoms with Crippen molar-refractivity contribution in [2.24, 2.45) is 5.92 Å². The van der Waals surface area contributed by atoms with Crippen LogP contribution in [0.15, 0.2) is 60.9 Å². The first-order valence-corrected chi connectivity index (χ1v) is 14.0. The van der Waals surface area contributed by atoms with Crippen LogP contribution >= 0.6 is 0 Å². The first kappa shape index (κ1) is 33.9. The maximum Gasteiger partial charge on any atom is 0.412 e. The molecule has 1 heterocycles. The molecule has 1 aliphatic heterocycles. The highest BCUT2D eigenvalue weighted by molar-refractivity contribution is 5.91. The van der Waals surface area contributed by atoms with Crippen LogP contribution in [0.3, 0.4) is 0 Å². The summed E-state index contributed by atoms with van der Waals surface area (Å²) in [6.45, 7) is 3.97. The number of hydrogen-bond donors (Lipinski definition) is 0. The van der Waals surface area contributed by atoms with Gasteiger partial charge >= 0.3 is 12.1 Å². The molecular formula is C32H29F7O6. The summed E-state index contributed by atoms with van der Waals surface area (Å²) in [5.41, 5.74) is -1.16. The van der Waals surface area contributed by atoms with Crippen molar-refractivity contribution in [3.8, 4) is 22.6 Å². The molecule has 1 fully saturated rings. The smallest absolute Gasteiger partial charge is 0.412 e. The van der Waals surface area contributed by atoms with Crippen LogP contribution in [0.4, 0.5) is 30.7 Å². The monoisotopic (exact) mass is 642 g/mol. The number of hydrogen-bond acceptors (Lipinski definition) is 6. The molecule has 13 heteroatoms. The van der Waals surface area contributed by atoms with Gasteiger partial charge in [0.15, 0.2) is 17.9 Å². The van der Waals surface area contributed by atoms with Crippen LogP contribution in [-0.2, 0) is 14.2 Å². The Morgan fingerprint density at radius 2 is 1.62 bits per heavy atom. The van der Waals surface area contributed by atoms with Gasteiger partial charge in [-0.3, -0.25) is 0 Å². The van der Waals surface area contributed by atoms with Gasteiger partial charge < -0.3 is 23.7 Å². The molecule has 3 aromatic carbocycles. The predicted molar refractivity (Wildman–Crippen MR) is 147 cm³/mol. The number of esters is 1. The largest absolute Gasteiger partial charge is 0.462 e. The molecule has 0 unspecified atom stereocenters. The van der Waals surface area contributed by atoms with Gasteiger partial charge in [0.1, 0.15) is 28.8 Å². The number of carbonyl (C=O) groups excluding carboxylic acids is 1. The number of benzene rings is 3. The molecule has 0 N–H and O–H groups in total. The van der Waals surface area contributed by atoms with Gasteiger partial charge in [-0.2, -0.15) is 13.2 Å². The van der Waals surface area contributed by atoms with Crippen LogP contribution in [0.2, 0.25) is 0 Å². The van der Waals surface area contributed by atoms with Gasteiger partial charge in [0.25, 0.3) is 0 Å². The van der Waals surface area contributed by atoms with Gasteiger partial charge in [-0.05, 0) is 61.2 Å². The Bertz CT molecular complexity index is 1480. The fraction of sp³-hybridized carbons (Fsp3) is 0.344. The highest BCUT2D eigenvalue weighted by Crippen LogP contribution is 2.32. The number of ether oxygens (including phenoxy) is 5. The van der Waals surface area contributed by atoms with E-state index in [-0.39, 0.29) is 34.9 Å². The molecule has 1 aliphatic rings. The van der Waals surface area contributed by atoms with Crippen molar-refractivity contribution >= 4 is 5.97 Å². The number of carbonyl (C=O) groups is 1. The van der Waals surface area contributed by atoms with Gasteiger partial charge in [-0.25, -0.2) is 22.4 Å². The summed E-state index contributed by atoms with van der Waals surface area (Å²) in [5, 5.41) is 0. The zero-order valence-corrected chi connectivity index (χ0v) is 24.0. The Morgan fingerprint density at radius 1 is 0.911 bits per heavy atom. The van der Waals surface area contributed by atoms with Crippen molar-refractivity contribution in [2.75, 3.05) is 26.4 Å². The van der Waals surface area contributed by atoms with Gasteiger partial charge in [0, 0.05) is 36.3 Å². The zero-order chi connectivity index (χ0) is 32.6. The summed E-state index contributed by atoms with van der Waals surface area (Å²) < 4.78 is 122. The zero-order valence-electron chi connectivity index (χ0n) is 24.0. The normalized spacial score (nSPS) is 17.1. The molecule has 4 rings (SSSR count). The highest BCUT2D eigenvalue weighted by atomic mass is 19.4. The fourth-order valence-corrected chi connectivity index (χ4v) is 4.45. The molecule has 0 bridgehead atoms. The molecule has 242 valence electrons. The summed E-state index contributed by atoms with van der Waals surface area (Å²) >= 11 is 0. The van der Waals surface area contributed by atoms with Crippen LogP contribution in [0.5, 0.6) is 11.5 Å². The second-order valence-corrected chi connectivity index (χ2v) is 10.1. The van der Waals surface area contributed by atoms with Crippen LogP contribution in [0.25, 0.3) is 11.1 Å². The minimum Gasteiger partial charge on any atom is -0.462 e. The third kappa shape index (κ3) is 9.52. The molecule has 0 saturated carbocycles. The van der Waals surface area contributed by atoms with Crippen molar-refractivity contribution < 1.29 is 59.2 Å². The van der Waals surface area contributed by atoms with Gasteiger partial charge in [-0.1, -0.05) is 13.0 Å². The van der Waals surface area contributed by atoms with E-state index in [4.69, 9.17) is 18.9 Å². The van der Waals surface area contributed by atoms with Crippen molar-refractivity contribution in [1.29, 1.82) is 0 Å². The third-order valence-corrected chi connectivity index (χ3v) is 6.60. The lowest BCUT2D eigenvalue weighted by Gasteiger charge is -2.29. The van der Waals surface area contributed by atoms with E-state index < -0.39 is 58.8 Å². The average Bonchev–Trinajstić information content (AvgIpc) is 2.97. The van der Waals surface area contributed by atoms with Gasteiger partial charge in [0.05, 0.1) is 25.6 Å². The quantitative estimate of drug-likeness (QED) is 0.0650. The summed E-state index contributed by atoms with van der Waals surface area (Å²) in [6, 6.07) is 7.81. The minimum atomic E-state index is -4.65. The van der Waals surface area contributed by atoms with Crippen molar-refractivity contribution in [1.82, 2.24) is 0 Å². The lowest BCUT2D eigenvalue weighted by molar-refractivity contribution is -0.206. The number of allylic oxidation sites excluding steroid dienone is 1. The second-order valence-electron chi connectivity index (χ2n) is 10.1. The lowest BCUT2D eigenvalue weighted by Crippen LogP contribution is -2.27. The highest BCUT2D eigenvalue weighted by Gasteiger charge is 2.28. The Balaban J connectivity index is 1.37. The van der Waals surface area contributed by atoms with Crippen LogP contribution < -0.4 is 9.47 Å². The summed E-state index contributed by atoms with van der Waals surface area (Å²) in [7, 11) is 0. The Morgan fingerprint density at radius 3 is 2.24 bits per heavy atom. The Kier molecular flexibility index (Phi) is 11.6. The predicted octanol–water partition coefficient (Wildman–Crippen LogP) is 8.45. The maximum atomic E-state index is 14.9. The van der Waals surface area contributed by atoms with Gasteiger partial charge in [-0.15, -0.1) is 0 Å². The second kappa shape index (κ2) is 15.4. The number of alkyl halides is 3. The standard InChI is InChI=1S/C32H29F7O6/c1-2-10-41-11-3-4-19-17-43-31(44-18-19)21-14-26(35)29(27(36)15-21)30(40)45-22-6-7-23(24(33)16-22)20-5-8-28(25(34)13-20)42-12-9-32(37,38)39/h5-9,12-16,19,31H,2-4,10-11,17-18H2,1H3/b12-9+. The minimum absolute atomic E-state index is 0.0119. The van der Waals surface area contributed by atoms with E-state index in [0.29, 0.717) is 26.4 Å². The van der Waals surface area contributed by atoms with Crippen LogP contribution in [-0.4, -0.2) is 38.6 Å². The SMILES string of the molecule is CCCOCCCC1COC(c2cc(F)c(C(=O)Oc3ccc(-c4ccc(O/C=C/C(F)(F)F)c(F)c4)c(F)c3)c(F)c2)OC1. The fourth-order valence-electron chi connectivity index (χ4n) is 4.45. The molecular weight excluding hydrogens is 613 g/mol. The molecule has 45 heavy (non-hydrogen) atoms. The van der Waals surface area contributed by atoms with Gasteiger partial charge in [0.2, 0.25) is 0 Å². The molecule has 1 saturated heterocycles. The van der Waals surface area contributed by atoms with Crippen molar-refractivity contribution in [3.05, 3.63) is 95.3 Å². The third-order valence-electron chi connectivity index (χ3n) is 6.60. The van der Waals surface area contributed by atoms with E-state index in [1.807, 2.05) is 6.92 Å². The van der Waals surface area contributed by atoms with Crippen molar-refractivity contribution in [3.63, 3.8) is 0 Å². The topological polar surface area (TPSA) is 63.2 Å².